The summed E-state index contributed by atoms with van der Waals surface area (Å²) < 4.78 is 35.2. The van der Waals surface area contributed by atoms with Crippen molar-refractivity contribution in [3.05, 3.63) is 18.2 Å². The third-order valence-corrected chi connectivity index (χ3v) is 4.20. The van der Waals surface area contributed by atoms with Crippen LogP contribution >= 0.6 is 0 Å². The first-order valence-corrected chi connectivity index (χ1v) is 8.46. The Balaban J connectivity index is 1.70. The number of hydrogen-bond donors (Lipinski definition) is 1. The van der Waals surface area contributed by atoms with E-state index < -0.39 is 10.0 Å². The molecule has 0 bridgehead atoms. The lowest BCUT2D eigenvalue weighted by Gasteiger charge is -2.17. The Morgan fingerprint density at radius 3 is 2.86 bits per heavy atom. The molecule has 0 radical (unpaired) electrons. The maximum Gasteiger partial charge on any atom is 0.231 e. The van der Waals surface area contributed by atoms with Crippen LogP contribution in [0.4, 0.5) is 5.69 Å². The zero-order valence-electron chi connectivity index (χ0n) is 11.5. The zero-order chi connectivity index (χ0) is 15.0. The molecule has 1 aromatic carbocycles. The molecule has 2 aliphatic heterocycles. The molecule has 2 aliphatic rings. The second-order valence-corrected chi connectivity index (χ2v) is 7.07. The van der Waals surface area contributed by atoms with E-state index in [1.54, 1.807) is 23.1 Å². The van der Waals surface area contributed by atoms with E-state index in [0.717, 1.165) is 11.9 Å². The van der Waals surface area contributed by atoms with Crippen molar-refractivity contribution in [2.75, 3.05) is 31.0 Å². The van der Waals surface area contributed by atoms with Crippen LogP contribution in [0, 0.1) is 5.92 Å². The predicted octanol–water partition coefficient (Wildman–Crippen LogP) is 0.317. The molecule has 1 atom stereocenters. The van der Waals surface area contributed by atoms with Crippen molar-refractivity contribution >= 4 is 21.6 Å². The maximum atomic E-state index is 12.1. The number of sulfonamides is 1. The zero-order valence-corrected chi connectivity index (χ0v) is 12.4. The molecular weight excluding hydrogens is 296 g/mol. The summed E-state index contributed by atoms with van der Waals surface area (Å²) in [7, 11) is -3.24. The van der Waals surface area contributed by atoms with Gasteiger partial charge >= 0.3 is 0 Å². The molecule has 1 N–H and O–H groups in total. The number of hydrogen-bond acceptors (Lipinski definition) is 5. The topological polar surface area (TPSA) is 84.9 Å². The van der Waals surface area contributed by atoms with Gasteiger partial charge in [-0.25, -0.2) is 13.1 Å². The highest BCUT2D eigenvalue weighted by molar-refractivity contribution is 7.88. The number of amides is 1. The summed E-state index contributed by atoms with van der Waals surface area (Å²) in [5, 5.41) is 0. The van der Waals surface area contributed by atoms with Gasteiger partial charge < -0.3 is 14.4 Å². The van der Waals surface area contributed by atoms with Gasteiger partial charge in [-0.2, -0.15) is 0 Å². The Morgan fingerprint density at radius 2 is 2.10 bits per heavy atom. The highest BCUT2D eigenvalue weighted by atomic mass is 32.2. The number of ether oxygens (including phenoxy) is 2. The van der Waals surface area contributed by atoms with Crippen molar-refractivity contribution < 1.29 is 22.7 Å². The summed E-state index contributed by atoms with van der Waals surface area (Å²) in [6, 6.07) is 5.34. The molecule has 21 heavy (non-hydrogen) atoms. The number of nitrogens with zero attached hydrogens (tertiary/aromatic N) is 1. The van der Waals surface area contributed by atoms with E-state index in [1.807, 2.05) is 0 Å². The molecule has 1 unspecified atom stereocenters. The molecule has 0 spiro atoms. The van der Waals surface area contributed by atoms with Gasteiger partial charge in [-0.15, -0.1) is 0 Å². The Kier molecular flexibility index (Phi) is 3.50. The largest absolute Gasteiger partial charge is 0.454 e. The third-order valence-electron chi connectivity index (χ3n) is 3.51. The Labute approximate surface area is 122 Å². The van der Waals surface area contributed by atoms with E-state index in [1.165, 1.54) is 0 Å². The SMILES string of the molecule is CS(=O)(=O)NCC1CC(=O)N(c2ccc3c(c2)OCO3)C1. The number of fused-ring (bicyclic) bond motifs is 1. The average molecular weight is 312 g/mol. The molecule has 8 heteroatoms. The fourth-order valence-electron chi connectivity index (χ4n) is 2.49. The molecular formula is C13H16N2O5S. The van der Waals surface area contributed by atoms with E-state index in [4.69, 9.17) is 9.47 Å². The van der Waals surface area contributed by atoms with Gasteiger partial charge in [0, 0.05) is 31.3 Å². The van der Waals surface area contributed by atoms with Gasteiger partial charge in [0.05, 0.1) is 6.26 Å². The summed E-state index contributed by atoms with van der Waals surface area (Å²) in [6.45, 7) is 0.945. The van der Waals surface area contributed by atoms with Crippen molar-refractivity contribution in [2.45, 2.75) is 6.42 Å². The number of anilines is 1. The van der Waals surface area contributed by atoms with Gasteiger partial charge in [0.1, 0.15) is 0 Å². The quantitative estimate of drug-likeness (QED) is 0.865. The molecule has 7 nitrogen and oxygen atoms in total. The van der Waals surface area contributed by atoms with Crippen LogP contribution < -0.4 is 19.1 Å². The number of benzene rings is 1. The van der Waals surface area contributed by atoms with Crippen LogP contribution in [-0.2, 0) is 14.8 Å². The van der Waals surface area contributed by atoms with Crippen molar-refractivity contribution in [3.8, 4) is 11.5 Å². The normalized spacial score (nSPS) is 21.1. The molecule has 1 aromatic rings. The monoisotopic (exact) mass is 312 g/mol. The molecule has 0 saturated carbocycles. The molecule has 2 heterocycles. The smallest absolute Gasteiger partial charge is 0.231 e. The van der Waals surface area contributed by atoms with E-state index in [9.17, 15) is 13.2 Å². The van der Waals surface area contributed by atoms with Crippen LogP contribution in [0.25, 0.3) is 0 Å². The fourth-order valence-corrected chi connectivity index (χ4v) is 3.03. The standard InChI is InChI=1S/C13H16N2O5S/c1-21(17,18)14-6-9-4-13(16)15(7-9)10-2-3-11-12(5-10)20-8-19-11/h2-3,5,9,14H,4,6-8H2,1H3. The minimum Gasteiger partial charge on any atom is -0.454 e. The van der Waals surface area contributed by atoms with Gasteiger partial charge in [0.25, 0.3) is 0 Å². The van der Waals surface area contributed by atoms with Crippen molar-refractivity contribution in [2.24, 2.45) is 5.92 Å². The summed E-state index contributed by atoms with van der Waals surface area (Å²) in [5.74, 6) is 1.24. The molecule has 1 amide bonds. The predicted molar refractivity (Wildman–Crippen MR) is 75.9 cm³/mol. The Morgan fingerprint density at radius 1 is 1.33 bits per heavy atom. The first-order chi connectivity index (χ1) is 9.92. The minimum atomic E-state index is -3.24. The lowest BCUT2D eigenvalue weighted by molar-refractivity contribution is -0.117. The number of nitrogens with one attached hydrogen (secondary N) is 1. The number of carbonyl (C=O) groups excluding carboxylic acids is 1. The molecule has 114 valence electrons. The van der Waals surface area contributed by atoms with Crippen molar-refractivity contribution in [3.63, 3.8) is 0 Å². The van der Waals surface area contributed by atoms with Crippen LogP contribution in [0.15, 0.2) is 18.2 Å². The number of rotatable bonds is 4. The summed E-state index contributed by atoms with van der Waals surface area (Å²) in [6.07, 6.45) is 1.44. The first kappa shape index (κ1) is 14.2. The molecule has 1 fully saturated rings. The summed E-state index contributed by atoms with van der Waals surface area (Å²) in [4.78, 5) is 13.7. The van der Waals surface area contributed by atoms with Gasteiger partial charge in [0.15, 0.2) is 11.5 Å². The molecule has 0 aliphatic carbocycles. The van der Waals surface area contributed by atoms with Gasteiger partial charge in [-0.05, 0) is 18.1 Å². The molecule has 3 rings (SSSR count). The van der Waals surface area contributed by atoms with Crippen molar-refractivity contribution in [1.82, 2.24) is 4.72 Å². The fraction of sp³-hybridized carbons (Fsp3) is 0.462. The second-order valence-electron chi connectivity index (χ2n) is 5.23. The second kappa shape index (κ2) is 5.19. The van der Waals surface area contributed by atoms with Crippen LogP contribution in [0.1, 0.15) is 6.42 Å². The molecule has 1 saturated heterocycles. The van der Waals surface area contributed by atoms with Crippen LogP contribution in [0.2, 0.25) is 0 Å². The highest BCUT2D eigenvalue weighted by Crippen LogP contribution is 2.37. The van der Waals surface area contributed by atoms with Gasteiger partial charge in [-0.1, -0.05) is 0 Å². The van der Waals surface area contributed by atoms with E-state index >= 15 is 0 Å². The Bertz CT molecular complexity index is 673. The third kappa shape index (κ3) is 3.11. The molecule has 0 aromatic heterocycles. The van der Waals surface area contributed by atoms with Crippen molar-refractivity contribution in [1.29, 1.82) is 0 Å². The highest BCUT2D eigenvalue weighted by Gasteiger charge is 2.31. The van der Waals surface area contributed by atoms with E-state index in [2.05, 4.69) is 4.72 Å². The van der Waals surface area contributed by atoms with Gasteiger partial charge in [0.2, 0.25) is 22.7 Å². The van der Waals surface area contributed by atoms with E-state index in [-0.39, 0.29) is 25.2 Å². The van der Waals surface area contributed by atoms with Crippen LogP contribution in [-0.4, -0.2) is 40.5 Å². The van der Waals surface area contributed by atoms with Crippen LogP contribution in [0.5, 0.6) is 11.5 Å². The lowest BCUT2D eigenvalue weighted by Crippen LogP contribution is -2.30. The van der Waals surface area contributed by atoms with Crippen LogP contribution in [0.3, 0.4) is 0 Å². The summed E-state index contributed by atoms with van der Waals surface area (Å²) in [5.41, 5.74) is 0.742. The summed E-state index contributed by atoms with van der Waals surface area (Å²) >= 11 is 0. The minimum absolute atomic E-state index is 0.0193. The van der Waals surface area contributed by atoms with Gasteiger partial charge in [-0.3, -0.25) is 4.79 Å². The maximum absolute atomic E-state index is 12.1. The average Bonchev–Trinajstić information content (AvgIpc) is 3.00. The Hall–Kier alpha value is -1.80. The lowest BCUT2D eigenvalue weighted by atomic mass is 10.1. The first-order valence-electron chi connectivity index (χ1n) is 6.57. The number of carbonyl (C=O) groups is 1. The van der Waals surface area contributed by atoms with E-state index in [0.29, 0.717) is 24.5 Å².